The summed E-state index contributed by atoms with van der Waals surface area (Å²) in [5, 5.41) is 0. The van der Waals surface area contributed by atoms with E-state index < -0.39 is 0 Å². The van der Waals surface area contributed by atoms with Crippen LogP contribution in [0, 0.1) is 5.92 Å². The number of aromatic nitrogens is 1. The van der Waals surface area contributed by atoms with Gasteiger partial charge in [0.2, 0.25) is 5.91 Å². The van der Waals surface area contributed by atoms with Crippen molar-refractivity contribution < 1.29 is 4.79 Å². The number of nitrogens with zero attached hydrogens (tertiary/aromatic N) is 2. The number of likely N-dealkylation sites (N-methyl/N-ethyl adjacent to an activating group) is 1. The summed E-state index contributed by atoms with van der Waals surface area (Å²) < 4.78 is 0. The van der Waals surface area contributed by atoms with E-state index in [9.17, 15) is 4.79 Å². The Balaban J connectivity index is 2.40. The number of amides is 1. The zero-order valence-corrected chi connectivity index (χ0v) is 11.5. The molecule has 0 fully saturated rings. The third-order valence-corrected chi connectivity index (χ3v) is 2.90. The molecule has 0 aliphatic rings. The van der Waals surface area contributed by atoms with E-state index in [2.05, 4.69) is 18.8 Å². The van der Waals surface area contributed by atoms with Crippen molar-refractivity contribution >= 4 is 5.91 Å². The van der Waals surface area contributed by atoms with Gasteiger partial charge in [-0.3, -0.25) is 9.78 Å². The second-order valence-electron chi connectivity index (χ2n) is 5.10. The van der Waals surface area contributed by atoms with Crippen LogP contribution in [0.15, 0.2) is 24.5 Å². The first-order valence-electron chi connectivity index (χ1n) is 6.40. The molecule has 0 aromatic carbocycles. The highest BCUT2D eigenvalue weighted by atomic mass is 16.2. The van der Waals surface area contributed by atoms with Gasteiger partial charge in [0.1, 0.15) is 0 Å². The number of carbonyl (C=O) groups excluding carboxylic acids is 1. The summed E-state index contributed by atoms with van der Waals surface area (Å²) in [7, 11) is 1.81. The number of rotatable bonds is 6. The maximum absolute atomic E-state index is 12.0. The van der Waals surface area contributed by atoms with Gasteiger partial charge in [0.15, 0.2) is 0 Å². The van der Waals surface area contributed by atoms with Gasteiger partial charge in [-0.2, -0.15) is 0 Å². The Bertz CT molecular complexity index is 365. The minimum absolute atomic E-state index is 0.0257. The molecule has 1 heterocycles. The first-order chi connectivity index (χ1) is 8.50. The maximum Gasteiger partial charge on any atom is 0.239 e. The highest BCUT2D eigenvalue weighted by Gasteiger charge is 2.18. The monoisotopic (exact) mass is 249 g/mol. The molecule has 4 nitrogen and oxygen atoms in total. The molecule has 100 valence electrons. The summed E-state index contributed by atoms with van der Waals surface area (Å²) in [5.41, 5.74) is 7.07. The Kier molecular flexibility index (Phi) is 5.78. The largest absolute Gasteiger partial charge is 0.344 e. The topological polar surface area (TPSA) is 59.2 Å². The number of pyridine rings is 1. The van der Waals surface area contributed by atoms with E-state index in [1.165, 1.54) is 5.56 Å². The fourth-order valence-electron chi connectivity index (χ4n) is 1.85. The number of hydrogen-bond acceptors (Lipinski definition) is 3. The minimum atomic E-state index is -0.382. The molecule has 18 heavy (non-hydrogen) atoms. The molecule has 4 heteroatoms. The summed E-state index contributed by atoms with van der Waals surface area (Å²) in [6.45, 7) is 4.84. The predicted molar refractivity (Wildman–Crippen MR) is 73.0 cm³/mol. The van der Waals surface area contributed by atoms with Gasteiger partial charge in [-0.05, 0) is 36.5 Å². The van der Waals surface area contributed by atoms with Crippen LogP contribution in [0.25, 0.3) is 0 Å². The molecule has 1 atom stereocenters. The molecule has 1 amide bonds. The molecule has 0 radical (unpaired) electrons. The van der Waals surface area contributed by atoms with Crippen LogP contribution in [0.3, 0.4) is 0 Å². The lowest BCUT2D eigenvalue weighted by atomic mass is 10.0. The van der Waals surface area contributed by atoms with Crippen molar-refractivity contribution in [2.24, 2.45) is 11.7 Å². The van der Waals surface area contributed by atoms with Crippen molar-refractivity contribution in [1.29, 1.82) is 0 Å². The van der Waals surface area contributed by atoms with Crippen molar-refractivity contribution in [2.45, 2.75) is 32.7 Å². The predicted octanol–water partition coefficient (Wildman–Crippen LogP) is 1.46. The Morgan fingerprint density at radius 1 is 1.39 bits per heavy atom. The van der Waals surface area contributed by atoms with Crippen molar-refractivity contribution in [3.8, 4) is 0 Å². The van der Waals surface area contributed by atoms with Crippen LogP contribution in [0.5, 0.6) is 0 Å². The Morgan fingerprint density at radius 2 is 2.00 bits per heavy atom. The van der Waals surface area contributed by atoms with E-state index in [-0.39, 0.29) is 11.9 Å². The number of nitrogens with two attached hydrogens (primary N) is 1. The SMILES string of the molecule is CC(C)C[C@@H](N)C(=O)N(C)CCc1ccncc1. The van der Waals surface area contributed by atoms with Gasteiger partial charge in [-0.25, -0.2) is 0 Å². The Hall–Kier alpha value is -1.42. The second kappa shape index (κ2) is 7.11. The molecule has 1 aromatic heterocycles. The van der Waals surface area contributed by atoms with Crippen LogP contribution in [-0.4, -0.2) is 35.4 Å². The van der Waals surface area contributed by atoms with Crippen LogP contribution in [-0.2, 0) is 11.2 Å². The van der Waals surface area contributed by atoms with Gasteiger partial charge in [0.05, 0.1) is 6.04 Å². The molecule has 0 saturated heterocycles. The Labute approximate surface area is 109 Å². The van der Waals surface area contributed by atoms with Gasteiger partial charge in [-0.15, -0.1) is 0 Å². The van der Waals surface area contributed by atoms with Crippen molar-refractivity contribution in [1.82, 2.24) is 9.88 Å². The van der Waals surface area contributed by atoms with Gasteiger partial charge < -0.3 is 10.6 Å². The molecular formula is C14H23N3O. The highest BCUT2D eigenvalue weighted by Crippen LogP contribution is 2.06. The normalized spacial score (nSPS) is 12.5. The van der Waals surface area contributed by atoms with Crippen molar-refractivity contribution in [2.75, 3.05) is 13.6 Å². The van der Waals surface area contributed by atoms with Crippen LogP contribution >= 0.6 is 0 Å². The number of carbonyl (C=O) groups is 1. The summed E-state index contributed by atoms with van der Waals surface area (Å²) in [5.74, 6) is 0.468. The fraction of sp³-hybridized carbons (Fsp3) is 0.571. The molecule has 1 rings (SSSR count). The molecule has 0 aliphatic heterocycles. The summed E-state index contributed by atoms with van der Waals surface area (Å²) in [6, 6.07) is 3.55. The standard InChI is InChI=1S/C14H23N3O/c1-11(2)10-13(15)14(18)17(3)9-6-12-4-7-16-8-5-12/h4-5,7-8,11,13H,6,9-10,15H2,1-3H3/t13-/m1/s1. The van der Waals surface area contributed by atoms with E-state index in [0.29, 0.717) is 12.5 Å². The van der Waals surface area contributed by atoms with Gasteiger partial charge in [0.25, 0.3) is 0 Å². The lowest BCUT2D eigenvalue weighted by Crippen LogP contribution is -2.43. The maximum atomic E-state index is 12.0. The molecule has 2 N–H and O–H groups in total. The van der Waals surface area contributed by atoms with Crippen LogP contribution < -0.4 is 5.73 Å². The van der Waals surface area contributed by atoms with Gasteiger partial charge >= 0.3 is 0 Å². The van der Waals surface area contributed by atoms with E-state index in [1.807, 2.05) is 19.2 Å². The first kappa shape index (κ1) is 14.6. The van der Waals surface area contributed by atoms with E-state index in [0.717, 1.165) is 12.8 Å². The average molecular weight is 249 g/mol. The molecule has 0 aliphatic carbocycles. The van der Waals surface area contributed by atoms with Gasteiger partial charge in [-0.1, -0.05) is 13.8 Å². The highest BCUT2D eigenvalue weighted by molar-refractivity contribution is 5.81. The van der Waals surface area contributed by atoms with Crippen molar-refractivity contribution in [3.63, 3.8) is 0 Å². The lowest BCUT2D eigenvalue weighted by molar-refractivity contribution is -0.131. The number of hydrogen-bond donors (Lipinski definition) is 1. The third-order valence-electron chi connectivity index (χ3n) is 2.90. The summed E-state index contributed by atoms with van der Waals surface area (Å²) >= 11 is 0. The summed E-state index contributed by atoms with van der Waals surface area (Å²) in [6.07, 6.45) is 5.10. The first-order valence-corrected chi connectivity index (χ1v) is 6.40. The zero-order valence-electron chi connectivity index (χ0n) is 11.5. The molecule has 1 aromatic rings. The Morgan fingerprint density at radius 3 is 2.56 bits per heavy atom. The van der Waals surface area contributed by atoms with Crippen LogP contribution in [0.1, 0.15) is 25.8 Å². The molecular weight excluding hydrogens is 226 g/mol. The summed E-state index contributed by atoms with van der Waals surface area (Å²) in [4.78, 5) is 17.7. The molecule has 0 spiro atoms. The van der Waals surface area contributed by atoms with E-state index >= 15 is 0 Å². The third kappa shape index (κ3) is 4.84. The minimum Gasteiger partial charge on any atom is -0.344 e. The smallest absolute Gasteiger partial charge is 0.239 e. The second-order valence-corrected chi connectivity index (χ2v) is 5.10. The lowest BCUT2D eigenvalue weighted by Gasteiger charge is -2.22. The van der Waals surface area contributed by atoms with Crippen LogP contribution in [0.4, 0.5) is 0 Å². The molecule has 0 unspecified atom stereocenters. The van der Waals surface area contributed by atoms with Crippen LogP contribution in [0.2, 0.25) is 0 Å². The van der Waals surface area contributed by atoms with Gasteiger partial charge in [0, 0.05) is 26.0 Å². The molecule has 0 bridgehead atoms. The van der Waals surface area contributed by atoms with E-state index in [4.69, 9.17) is 5.73 Å². The molecule has 0 saturated carbocycles. The van der Waals surface area contributed by atoms with E-state index in [1.54, 1.807) is 17.3 Å². The van der Waals surface area contributed by atoms with Crippen molar-refractivity contribution in [3.05, 3.63) is 30.1 Å². The fourth-order valence-corrected chi connectivity index (χ4v) is 1.85. The zero-order chi connectivity index (χ0) is 13.5. The quantitative estimate of drug-likeness (QED) is 0.830. The average Bonchev–Trinajstić information content (AvgIpc) is 2.35.